The number of nitrogens with zero attached hydrogens (tertiary/aromatic N) is 1. The maximum atomic E-state index is 12.8. The zero-order valence-corrected chi connectivity index (χ0v) is 18.6. The Hall–Kier alpha value is -2.88. The number of carbonyl (C=O) groups excluding carboxylic acids is 3. The summed E-state index contributed by atoms with van der Waals surface area (Å²) in [5.41, 5.74) is 7.14. The number of nitrogens with two attached hydrogens (primary N) is 1. The molecule has 2 aromatic carbocycles. The summed E-state index contributed by atoms with van der Waals surface area (Å²) in [5.74, 6) is -0.279. The van der Waals surface area contributed by atoms with Crippen LogP contribution in [0.1, 0.15) is 12.0 Å². The number of hydrogen-bond donors (Lipinski definition) is 3. The predicted molar refractivity (Wildman–Crippen MR) is 124 cm³/mol. The van der Waals surface area contributed by atoms with Gasteiger partial charge in [0.15, 0.2) is 0 Å². The molecule has 0 unspecified atom stereocenters. The number of nitrogens with one attached hydrogen (secondary N) is 2. The summed E-state index contributed by atoms with van der Waals surface area (Å²) < 4.78 is 5.68. The average molecular weight is 457 g/mol. The Morgan fingerprint density at radius 2 is 1.88 bits per heavy atom. The number of para-hydroxylation sites is 1. The Morgan fingerprint density at radius 3 is 2.66 bits per heavy atom. The highest BCUT2D eigenvalue weighted by molar-refractivity contribution is 7.99. The van der Waals surface area contributed by atoms with Gasteiger partial charge in [-0.25, -0.2) is 0 Å². The quantitative estimate of drug-likeness (QED) is 0.497. The molecule has 0 saturated heterocycles. The summed E-state index contributed by atoms with van der Waals surface area (Å²) in [5, 5.41) is 5.40. The van der Waals surface area contributed by atoms with Crippen LogP contribution in [-0.4, -0.2) is 55.8 Å². The van der Waals surface area contributed by atoms with Crippen LogP contribution in [0.15, 0.2) is 59.5 Å². The number of anilines is 1. The van der Waals surface area contributed by atoms with Gasteiger partial charge in [-0.2, -0.15) is 0 Å². The van der Waals surface area contributed by atoms with E-state index in [1.165, 1.54) is 4.90 Å². The summed E-state index contributed by atoms with van der Waals surface area (Å²) in [7, 11) is 0. The first-order chi connectivity index (χ1) is 15.6. The molecule has 1 atom stereocenters. The molecule has 1 aliphatic rings. The molecule has 0 aromatic heterocycles. The van der Waals surface area contributed by atoms with Crippen molar-refractivity contribution < 1.29 is 19.1 Å². The lowest BCUT2D eigenvalue weighted by atomic mass is 10.2. The summed E-state index contributed by atoms with van der Waals surface area (Å²) in [6, 6.07) is 16.2. The van der Waals surface area contributed by atoms with E-state index >= 15 is 0 Å². The Balaban J connectivity index is 1.64. The molecule has 0 fully saturated rings. The monoisotopic (exact) mass is 456 g/mol. The molecule has 32 heavy (non-hydrogen) atoms. The van der Waals surface area contributed by atoms with Crippen molar-refractivity contribution in [3.05, 3.63) is 60.2 Å². The molecular weight excluding hydrogens is 428 g/mol. The maximum absolute atomic E-state index is 12.8. The van der Waals surface area contributed by atoms with Gasteiger partial charge in [-0.1, -0.05) is 42.5 Å². The number of amides is 3. The number of ether oxygens (including phenoxy) is 1. The van der Waals surface area contributed by atoms with Crippen molar-refractivity contribution >= 4 is 35.2 Å². The topological polar surface area (TPSA) is 114 Å². The van der Waals surface area contributed by atoms with Crippen LogP contribution in [0.5, 0.6) is 0 Å². The molecule has 9 heteroatoms. The summed E-state index contributed by atoms with van der Waals surface area (Å²) >= 11 is 1.59. The second-order valence-corrected chi connectivity index (χ2v) is 8.38. The Bertz CT molecular complexity index is 925. The molecule has 0 radical (unpaired) electrons. The fourth-order valence-electron chi connectivity index (χ4n) is 3.25. The highest BCUT2D eigenvalue weighted by Gasteiger charge is 2.27. The molecule has 0 spiro atoms. The molecule has 8 nitrogen and oxygen atoms in total. The highest BCUT2D eigenvalue weighted by atomic mass is 32.2. The van der Waals surface area contributed by atoms with Crippen LogP contribution in [0.25, 0.3) is 0 Å². The van der Waals surface area contributed by atoms with E-state index in [0.717, 1.165) is 10.5 Å². The maximum Gasteiger partial charge on any atom is 0.245 e. The summed E-state index contributed by atoms with van der Waals surface area (Å²) in [6.45, 7) is 0.715. The molecule has 0 saturated carbocycles. The average Bonchev–Trinajstić information content (AvgIpc) is 2.96. The predicted octanol–water partition coefficient (Wildman–Crippen LogP) is 1.29. The molecule has 0 bridgehead atoms. The number of fused-ring (bicyclic) bond motifs is 1. The van der Waals surface area contributed by atoms with Gasteiger partial charge in [-0.15, -0.1) is 11.8 Å². The van der Waals surface area contributed by atoms with Crippen molar-refractivity contribution in [2.75, 3.05) is 36.9 Å². The van der Waals surface area contributed by atoms with Gasteiger partial charge in [0.25, 0.3) is 0 Å². The smallest absolute Gasteiger partial charge is 0.245 e. The highest BCUT2D eigenvalue weighted by Crippen LogP contribution is 2.33. The van der Waals surface area contributed by atoms with Gasteiger partial charge in [0.1, 0.15) is 12.6 Å². The van der Waals surface area contributed by atoms with Gasteiger partial charge < -0.3 is 26.0 Å². The lowest BCUT2D eigenvalue weighted by molar-refractivity contribution is -0.130. The summed E-state index contributed by atoms with van der Waals surface area (Å²) in [6.07, 6.45) is 0.341. The third-order valence-electron chi connectivity index (χ3n) is 4.82. The number of carbonyl (C=O) groups is 3. The zero-order chi connectivity index (χ0) is 22.8. The first-order valence-electron chi connectivity index (χ1n) is 10.5. The van der Waals surface area contributed by atoms with E-state index in [4.69, 9.17) is 10.5 Å². The Labute approximate surface area is 191 Å². The van der Waals surface area contributed by atoms with Gasteiger partial charge >= 0.3 is 0 Å². The Kier molecular flexibility index (Phi) is 9.09. The van der Waals surface area contributed by atoms with Crippen molar-refractivity contribution in [3.63, 3.8) is 0 Å². The Morgan fingerprint density at radius 1 is 1.12 bits per heavy atom. The van der Waals surface area contributed by atoms with E-state index in [-0.39, 0.29) is 31.5 Å². The molecule has 3 rings (SSSR count). The molecule has 170 valence electrons. The normalized spacial score (nSPS) is 14.3. The number of thioether (sulfide) groups is 1. The van der Waals surface area contributed by atoms with E-state index in [1.54, 1.807) is 11.8 Å². The van der Waals surface area contributed by atoms with Crippen LogP contribution in [-0.2, 0) is 25.7 Å². The van der Waals surface area contributed by atoms with E-state index in [1.807, 2.05) is 54.6 Å². The standard InChI is InChI=1S/C23H28N4O4S/c24-11-12-25-23(30)18(16-31-15-17-6-2-1-3-7-17)26-21(28)14-27-19-8-4-5-9-20(19)32-13-10-22(27)29/h1-9,18H,10-16,24H2,(H,25,30)(H,26,28)/t18-/m1/s1. The summed E-state index contributed by atoms with van der Waals surface area (Å²) in [4.78, 5) is 40.4. The number of rotatable bonds is 10. The van der Waals surface area contributed by atoms with E-state index in [2.05, 4.69) is 10.6 Å². The first-order valence-corrected chi connectivity index (χ1v) is 11.5. The lowest BCUT2D eigenvalue weighted by Crippen LogP contribution is -2.52. The third-order valence-corrected chi connectivity index (χ3v) is 5.89. The van der Waals surface area contributed by atoms with Crippen LogP contribution in [0.4, 0.5) is 5.69 Å². The molecular formula is C23H28N4O4S. The molecule has 1 aliphatic heterocycles. The van der Waals surface area contributed by atoms with Crippen LogP contribution in [0.2, 0.25) is 0 Å². The fraction of sp³-hybridized carbons (Fsp3) is 0.348. The van der Waals surface area contributed by atoms with Crippen molar-refractivity contribution in [1.29, 1.82) is 0 Å². The van der Waals surface area contributed by atoms with Gasteiger partial charge in [0.2, 0.25) is 17.7 Å². The van der Waals surface area contributed by atoms with Gasteiger partial charge in [-0.05, 0) is 17.7 Å². The van der Waals surface area contributed by atoms with Crippen LogP contribution < -0.4 is 21.3 Å². The number of hydrogen-bond acceptors (Lipinski definition) is 6. The molecule has 0 aliphatic carbocycles. The zero-order valence-electron chi connectivity index (χ0n) is 17.8. The largest absolute Gasteiger partial charge is 0.374 e. The lowest BCUT2D eigenvalue weighted by Gasteiger charge is -2.24. The van der Waals surface area contributed by atoms with Crippen LogP contribution in [0.3, 0.4) is 0 Å². The van der Waals surface area contributed by atoms with Gasteiger partial charge in [0.05, 0.1) is 18.9 Å². The van der Waals surface area contributed by atoms with E-state index in [9.17, 15) is 14.4 Å². The molecule has 2 aromatic rings. The number of benzene rings is 2. The molecule has 4 N–H and O–H groups in total. The second kappa shape index (κ2) is 12.2. The van der Waals surface area contributed by atoms with Crippen molar-refractivity contribution in [2.45, 2.75) is 24.0 Å². The minimum absolute atomic E-state index is 0.00256. The SMILES string of the molecule is NCCNC(=O)[C@@H](COCc1ccccc1)NC(=O)CN1C(=O)CCSc2ccccc21. The van der Waals surface area contributed by atoms with Crippen molar-refractivity contribution in [3.8, 4) is 0 Å². The third kappa shape index (κ3) is 6.81. The van der Waals surface area contributed by atoms with E-state index < -0.39 is 11.9 Å². The molecule has 3 amide bonds. The second-order valence-electron chi connectivity index (χ2n) is 7.25. The first kappa shape index (κ1) is 23.8. The molecule has 1 heterocycles. The van der Waals surface area contributed by atoms with Gasteiger partial charge in [0, 0.05) is 30.2 Å². The minimum Gasteiger partial charge on any atom is -0.374 e. The van der Waals surface area contributed by atoms with E-state index in [0.29, 0.717) is 31.0 Å². The fourth-order valence-corrected chi connectivity index (χ4v) is 4.24. The van der Waals surface area contributed by atoms with Crippen molar-refractivity contribution in [1.82, 2.24) is 10.6 Å². The van der Waals surface area contributed by atoms with Crippen LogP contribution in [0, 0.1) is 0 Å². The van der Waals surface area contributed by atoms with Crippen molar-refractivity contribution in [2.24, 2.45) is 5.73 Å². The minimum atomic E-state index is -0.899. The van der Waals surface area contributed by atoms with Gasteiger partial charge in [-0.3, -0.25) is 14.4 Å². The van der Waals surface area contributed by atoms with Crippen LogP contribution >= 0.6 is 11.8 Å².